The first-order chi connectivity index (χ1) is 8.13. The van der Waals surface area contributed by atoms with Crippen LogP contribution in [-0.4, -0.2) is 46.7 Å². The van der Waals surface area contributed by atoms with E-state index in [4.69, 9.17) is 0 Å². The van der Waals surface area contributed by atoms with Crippen LogP contribution in [0, 0.1) is 0 Å². The van der Waals surface area contributed by atoms with Gasteiger partial charge in [-0.1, -0.05) is 11.8 Å². The summed E-state index contributed by atoms with van der Waals surface area (Å²) in [5.74, 6) is 0.119. The van der Waals surface area contributed by atoms with E-state index in [9.17, 15) is 9.59 Å². The van der Waals surface area contributed by atoms with Crippen molar-refractivity contribution in [2.45, 2.75) is 24.7 Å². The maximum atomic E-state index is 11.3. The van der Waals surface area contributed by atoms with Crippen molar-refractivity contribution in [3.8, 4) is 0 Å². The number of methoxy groups -OCH3 is 1. The number of rotatable bonds is 6. The zero-order valence-electron chi connectivity index (χ0n) is 10.0. The van der Waals surface area contributed by atoms with E-state index in [1.807, 2.05) is 6.92 Å². The summed E-state index contributed by atoms with van der Waals surface area (Å²) >= 11 is 1.33. The van der Waals surface area contributed by atoms with Gasteiger partial charge in [0.2, 0.25) is 0 Å². The second-order valence-electron chi connectivity index (χ2n) is 3.23. The van der Waals surface area contributed by atoms with Crippen molar-refractivity contribution in [2.24, 2.45) is 0 Å². The summed E-state index contributed by atoms with van der Waals surface area (Å²) in [4.78, 5) is 22.6. The van der Waals surface area contributed by atoms with E-state index in [1.165, 1.54) is 23.4 Å². The van der Waals surface area contributed by atoms with Gasteiger partial charge in [-0.05, 0) is 14.0 Å². The maximum absolute atomic E-state index is 11.3. The van der Waals surface area contributed by atoms with Crippen molar-refractivity contribution in [2.75, 3.05) is 19.9 Å². The van der Waals surface area contributed by atoms with Crippen molar-refractivity contribution < 1.29 is 9.53 Å². The zero-order valence-corrected chi connectivity index (χ0v) is 10.8. The highest BCUT2D eigenvalue weighted by Crippen LogP contribution is 2.14. The Morgan fingerprint density at radius 1 is 1.71 bits per heavy atom. The van der Waals surface area contributed by atoms with Gasteiger partial charge in [0.25, 0.3) is 0 Å². The van der Waals surface area contributed by atoms with Crippen LogP contribution in [0.4, 0.5) is 0 Å². The van der Waals surface area contributed by atoms with Crippen LogP contribution in [0.5, 0.6) is 0 Å². The van der Waals surface area contributed by atoms with Gasteiger partial charge in [-0.25, -0.2) is 9.89 Å². The molecule has 1 aromatic heterocycles. The fourth-order valence-electron chi connectivity index (χ4n) is 1.26. The largest absolute Gasteiger partial charge is 0.468 e. The summed E-state index contributed by atoms with van der Waals surface area (Å²) in [6, 6.07) is -0.415. The van der Waals surface area contributed by atoms with E-state index in [-0.39, 0.29) is 11.7 Å². The van der Waals surface area contributed by atoms with Gasteiger partial charge in [-0.3, -0.25) is 9.36 Å². The molecule has 0 radical (unpaired) electrons. The second-order valence-corrected chi connectivity index (χ2v) is 4.22. The van der Waals surface area contributed by atoms with Gasteiger partial charge in [-0.2, -0.15) is 0 Å². The number of ether oxygens (including phenoxy) is 1. The maximum Gasteiger partial charge on any atom is 0.343 e. The molecule has 7 nitrogen and oxygen atoms in total. The Morgan fingerprint density at radius 2 is 2.41 bits per heavy atom. The number of carbonyl (C=O) groups excluding carboxylic acids is 1. The van der Waals surface area contributed by atoms with Crippen LogP contribution in [-0.2, 0) is 16.1 Å². The summed E-state index contributed by atoms with van der Waals surface area (Å²) < 4.78 is 6.15. The van der Waals surface area contributed by atoms with Gasteiger partial charge in [0.1, 0.15) is 6.04 Å². The van der Waals surface area contributed by atoms with Crippen LogP contribution in [0.25, 0.3) is 0 Å². The number of likely N-dealkylation sites (N-methyl/N-ethyl adjacent to an activating group) is 1. The van der Waals surface area contributed by atoms with E-state index in [0.29, 0.717) is 17.5 Å². The molecule has 1 heterocycles. The molecule has 0 bridgehead atoms. The molecule has 0 aliphatic heterocycles. The van der Waals surface area contributed by atoms with E-state index in [2.05, 4.69) is 20.3 Å². The average molecular weight is 260 g/mol. The van der Waals surface area contributed by atoms with Gasteiger partial charge >= 0.3 is 11.7 Å². The molecule has 1 atom stereocenters. The molecule has 17 heavy (non-hydrogen) atoms. The van der Waals surface area contributed by atoms with Crippen LogP contribution in [0.15, 0.2) is 9.95 Å². The van der Waals surface area contributed by atoms with Crippen molar-refractivity contribution in [3.63, 3.8) is 0 Å². The minimum atomic E-state index is -0.415. The minimum Gasteiger partial charge on any atom is -0.468 e. The highest BCUT2D eigenvalue weighted by atomic mass is 32.2. The summed E-state index contributed by atoms with van der Waals surface area (Å²) in [7, 11) is 3.02. The van der Waals surface area contributed by atoms with Gasteiger partial charge in [0.05, 0.1) is 7.11 Å². The Kier molecular flexibility index (Phi) is 5.23. The van der Waals surface area contributed by atoms with Crippen molar-refractivity contribution >= 4 is 17.7 Å². The number of H-pyrrole nitrogens is 1. The number of hydrogen-bond donors (Lipinski definition) is 2. The van der Waals surface area contributed by atoms with Gasteiger partial charge in [0, 0.05) is 12.3 Å². The fourth-order valence-corrected chi connectivity index (χ4v) is 2.36. The van der Waals surface area contributed by atoms with E-state index in [0.717, 1.165) is 0 Å². The van der Waals surface area contributed by atoms with Crippen molar-refractivity contribution in [1.29, 1.82) is 0 Å². The monoisotopic (exact) mass is 260 g/mol. The SMILES string of the molecule is CCn1c(SCC(NC)C(=O)OC)n[nH]c1=O. The highest BCUT2D eigenvalue weighted by Gasteiger charge is 2.18. The third-order valence-electron chi connectivity index (χ3n) is 2.25. The van der Waals surface area contributed by atoms with Crippen molar-refractivity contribution in [3.05, 3.63) is 10.5 Å². The van der Waals surface area contributed by atoms with Crippen LogP contribution in [0.1, 0.15) is 6.92 Å². The molecule has 0 spiro atoms. The summed E-state index contributed by atoms with van der Waals surface area (Å²) in [5, 5.41) is 9.68. The number of thioether (sulfide) groups is 1. The third-order valence-corrected chi connectivity index (χ3v) is 3.32. The topological polar surface area (TPSA) is 89.0 Å². The number of nitrogens with zero attached hydrogens (tertiary/aromatic N) is 2. The van der Waals surface area contributed by atoms with E-state index >= 15 is 0 Å². The summed E-state index contributed by atoms with van der Waals surface area (Å²) in [5.41, 5.74) is -0.242. The van der Waals surface area contributed by atoms with Crippen LogP contribution >= 0.6 is 11.8 Å². The second kappa shape index (κ2) is 6.45. The Balaban J connectivity index is 2.66. The Hall–Kier alpha value is -1.28. The molecule has 0 amide bonds. The Bertz CT molecular complexity index is 428. The fraction of sp³-hybridized carbons (Fsp3) is 0.667. The molecule has 1 rings (SSSR count). The lowest BCUT2D eigenvalue weighted by Crippen LogP contribution is -2.37. The van der Waals surface area contributed by atoms with Gasteiger partial charge < -0.3 is 10.1 Å². The van der Waals surface area contributed by atoms with Crippen LogP contribution in [0.3, 0.4) is 0 Å². The molecular formula is C9H16N4O3S. The predicted octanol–water partition coefficient (Wildman–Crippen LogP) is -0.556. The van der Waals surface area contributed by atoms with E-state index < -0.39 is 6.04 Å². The first-order valence-corrected chi connectivity index (χ1v) is 6.15. The molecular weight excluding hydrogens is 244 g/mol. The van der Waals surface area contributed by atoms with Crippen molar-refractivity contribution in [1.82, 2.24) is 20.1 Å². The number of aromatic amines is 1. The third kappa shape index (κ3) is 3.34. The molecule has 2 N–H and O–H groups in total. The molecule has 96 valence electrons. The predicted molar refractivity (Wildman–Crippen MR) is 64.1 cm³/mol. The lowest BCUT2D eigenvalue weighted by atomic mass is 10.3. The van der Waals surface area contributed by atoms with Gasteiger partial charge in [-0.15, -0.1) is 5.10 Å². The molecule has 0 aliphatic rings. The van der Waals surface area contributed by atoms with Crippen LogP contribution in [0.2, 0.25) is 0 Å². The molecule has 0 aliphatic carbocycles. The normalized spacial score (nSPS) is 12.4. The number of carbonyl (C=O) groups is 1. The Morgan fingerprint density at radius 3 is 2.94 bits per heavy atom. The van der Waals surface area contributed by atoms with E-state index in [1.54, 1.807) is 7.05 Å². The number of hydrogen-bond acceptors (Lipinski definition) is 6. The molecule has 1 unspecified atom stereocenters. The number of aromatic nitrogens is 3. The smallest absolute Gasteiger partial charge is 0.343 e. The number of esters is 1. The zero-order chi connectivity index (χ0) is 12.8. The molecule has 0 saturated carbocycles. The summed E-state index contributed by atoms with van der Waals surface area (Å²) in [6.45, 7) is 2.40. The quantitative estimate of drug-likeness (QED) is 0.527. The highest BCUT2D eigenvalue weighted by molar-refractivity contribution is 7.99. The molecule has 1 aromatic rings. The number of nitrogens with one attached hydrogen (secondary N) is 2. The molecule has 0 saturated heterocycles. The molecule has 0 fully saturated rings. The Labute approximate surface area is 103 Å². The van der Waals surface area contributed by atoms with Crippen LogP contribution < -0.4 is 11.0 Å². The lowest BCUT2D eigenvalue weighted by molar-refractivity contribution is -0.142. The first-order valence-electron chi connectivity index (χ1n) is 5.17. The lowest BCUT2D eigenvalue weighted by Gasteiger charge is -2.12. The molecule has 0 aromatic carbocycles. The van der Waals surface area contributed by atoms with Gasteiger partial charge in [0.15, 0.2) is 5.16 Å². The first kappa shape index (κ1) is 13.8. The molecule has 8 heteroatoms. The minimum absolute atomic E-state index is 0.242. The standard InChI is InChI=1S/C9H16N4O3S/c1-4-13-8(15)11-12-9(13)17-5-6(10-2)7(14)16-3/h6,10H,4-5H2,1-3H3,(H,11,15). The summed E-state index contributed by atoms with van der Waals surface area (Å²) in [6.07, 6.45) is 0. The average Bonchev–Trinajstić information content (AvgIpc) is 2.70.